The lowest BCUT2D eigenvalue weighted by molar-refractivity contribution is -0.118. The number of amides is 1. The molecule has 0 bridgehead atoms. The first-order valence-electron chi connectivity index (χ1n) is 7.63. The summed E-state index contributed by atoms with van der Waals surface area (Å²) in [6, 6.07) is 7.13. The largest absolute Gasteiger partial charge is 0.448 e. The molecule has 2 rings (SSSR count). The molecule has 0 saturated carbocycles. The summed E-state index contributed by atoms with van der Waals surface area (Å²) in [7, 11) is 1.61. The van der Waals surface area contributed by atoms with Crippen molar-refractivity contribution in [1.29, 1.82) is 0 Å². The van der Waals surface area contributed by atoms with Gasteiger partial charge in [0, 0.05) is 18.5 Å². The molecule has 0 aliphatic heterocycles. The van der Waals surface area contributed by atoms with Crippen molar-refractivity contribution < 1.29 is 14.0 Å². The minimum Gasteiger partial charge on any atom is -0.448 e. The van der Waals surface area contributed by atoms with Gasteiger partial charge in [-0.3, -0.25) is 9.59 Å². The van der Waals surface area contributed by atoms with Crippen LogP contribution < -0.4 is 10.6 Å². The third kappa shape index (κ3) is 4.81. The summed E-state index contributed by atoms with van der Waals surface area (Å²) >= 11 is 6.10. The second kappa shape index (κ2) is 8.84. The van der Waals surface area contributed by atoms with Gasteiger partial charge in [-0.05, 0) is 23.8 Å². The predicted octanol–water partition coefficient (Wildman–Crippen LogP) is 2.81. The molecule has 130 valence electrons. The van der Waals surface area contributed by atoms with Gasteiger partial charge in [-0.25, -0.2) is 4.98 Å². The van der Waals surface area contributed by atoms with Crippen LogP contribution in [0.1, 0.15) is 23.9 Å². The monoisotopic (exact) mass is 359 g/mol. The van der Waals surface area contributed by atoms with Gasteiger partial charge in [-0.15, -0.1) is 0 Å². The maximum atomic E-state index is 12.4. The Morgan fingerprint density at radius 1 is 1.32 bits per heavy atom. The number of nitrogens with one attached hydrogen (secondary N) is 2. The smallest absolute Gasteiger partial charge is 0.271 e. The van der Waals surface area contributed by atoms with E-state index in [-0.39, 0.29) is 11.4 Å². The van der Waals surface area contributed by atoms with Gasteiger partial charge in [-0.2, -0.15) is 0 Å². The van der Waals surface area contributed by atoms with Gasteiger partial charge in [-0.1, -0.05) is 36.7 Å². The van der Waals surface area contributed by atoms with Crippen molar-refractivity contribution in [3.63, 3.8) is 0 Å². The highest BCUT2D eigenvalue weighted by atomic mass is 35.5. The maximum Gasteiger partial charge on any atom is 0.271 e. The van der Waals surface area contributed by atoms with E-state index in [1.165, 1.54) is 12.5 Å². The van der Waals surface area contributed by atoms with Gasteiger partial charge < -0.3 is 15.1 Å². The molecule has 1 heterocycles. The van der Waals surface area contributed by atoms with Crippen molar-refractivity contribution in [2.45, 2.75) is 13.3 Å². The first-order chi connectivity index (χ1) is 12.1. The van der Waals surface area contributed by atoms with Crippen molar-refractivity contribution in [3.8, 4) is 0 Å². The molecule has 1 aromatic heterocycles. The number of carbonyl (C=O) groups is 2. The highest BCUT2D eigenvalue weighted by molar-refractivity contribution is 6.32. The van der Waals surface area contributed by atoms with Crippen LogP contribution in [0.5, 0.6) is 0 Å². The molecule has 0 unspecified atom stereocenters. The van der Waals surface area contributed by atoms with Gasteiger partial charge >= 0.3 is 0 Å². The normalized spacial score (nSPS) is 12.0. The Morgan fingerprint density at radius 2 is 2.08 bits per heavy atom. The first-order valence-corrected chi connectivity index (χ1v) is 8.01. The number of likely N-dealkylation sites (N-methyl/N-ethyl adjacent to an activating group) is 1. The molecular weight excluding hydrogens is 342 g/mol. The highest BCUT2D eigenvalue weighted by Gasteiger charge is 2.12. The van der Waals surface area contributed by atoms with Crippen LogP contribution in [0.25, 0.3) is 12.2 Å². The van der Waals surface area contributed by atoms with E-state index in [2.05, 4.69) is 15.6 Å². The summed E-state index contributed by atoms with van der Waals surface area (Å²) in [5, 5.41) is 5.87. The van der Waals surface area contributed by atoms with Gasteiger partial charge in [0.1, 0.15) is 17.2 Å². The van der Waals surface area contributed by atoms with Crippen molar-refractivity contribution >= 4 is 35.9 Å². The number of aldehydes is 1. The van der Waals surface area contributed by atoms with E-state index in [4.69, 9.17) is 16.0 Å². The van der Waals surface area contributed by atoms with Crippen LogP contribution >= 0.6 is 11.6 Å². The number of nitrogens with zero attached hydrogens (tertiary/aromatic N) is 1. The fourth-order valence-electron chi connectivity index (χ4n) is 2.11. The Kier molecular flexibility index (Phi) is 6.54. The fourth-order valence-corrected chi connectivity index (χ4v) is 2.30. The average molecular weight is 360 g/mol. The molecule has 7 heteroatoms. The zero-order valence-corrected chi connectivity index (χ0v) is 14.6. The number of oxazole rings is 1. The summed E-state index contributed by atoms with van der Waals surface area (Å²) in [5.74, 6) is 0.163. The van der Waals surface area contributed by atoms with E-state index in [1.54, 1.807) is 31.3 Å². The number of hydrogen-bond acceptors (Lipinski definition) is 5. The zero-order valence-electron chi connectivity index (χ0n) is 13.9. The minimum absolute atomic E-state index is 0.0777. The molecule has 2 N–H and O–H groups in total. The summed E-state index contributed by atoms with van der Waals surface area (Å²) in [5.41, 5.74) is 1.53. The third-order valence-corrected chi connectivity index (χ3v) is 3.73. The fraction of sp³-hybridized carbons (Fsp3) is 0.167. The Morgan fingerprint density at radius 3 is 2.72 bits per heavy atom. The van der Waals surface area contributed by atoms with Gasteiger partial charge in [0.25, 0.3) is 5.91 Å². The molecule has 1 aromatic carbocycles. The van der Waals surface area contributed by atoms with Crippen LogP contribution in [0.3, 0.4) is 0 Å². The molecule has 0 aliphatic carbocycles. The Labute approximate surface area is 150 Å². The second-order valence-corrected chi connectivity index (χ2v) is 5.42. The van der Waals surface area contributed by atoms with E-state index in [9.17, 15) is 9.59 Å². The van der Waals surface area contributed by atoms with Crippen LogP contribution in [-0.4, -0.2) is 24.2 Å². The Balaban J connectivity index is 2.23. The predicted molar refractivity (Wildman–Crippen MR) is 96.6 cm³/mol. The van der Waals surface area contributed by atoms with Crippen LogP contribution in [-0.2, 0) is 16.0 Å². The number of benzene rings is 1. The average Bonchev–Trinajstić information content (AvgIpc) is 3.07. The van der Waals surface area contributed by atoms with Crippen LogP contribution in [0, 0.1) is 0 Å². The minimum atomic E-state index is -0.470. The lowest BCUT2D eigenvalue weighted by Gasteiger charge is -2.09. The van der Waals surface area contributed by atoms with Crippen molar-refractivity contribution in [1.82, 2.24) is 15.6 Å². The summed E-state index contributed by atoms with van der Waals surface area (Å²) in [4.78, 5) is 27.7. The topological polar surface area (TPSA) is 84.2 Å². The van der Waals surface area contributed by atoms with E-state index in [0.717, 1.165) is 0 Å². The van der Waals surface area contributed by atoms with Gasteiger partial charge in [0.2, 0.25) is 0 Å². The van der Waals surface area contributed by atoms with E-state index in [1.807, 2.05) is 13.0 Å². The number of aromatic nitrogens is 1. The van der Waals surface area contributed by atoms with Crippen molar-refractivity contribution in [2.75, 3.05) is 7.05 Å². The van der Waals surface area contributed by atoms with E-state index >= 15 is 0 Å². The number of aryl methyl sites for hydroxylation is 1. The Bertz CT molecular complexity index is 824. The highest BCUT2D eigenvalue weighted by Crippen LogP contribution is 2.17. The first kappa shape index (κ1) is 18.5. The molecular formula is C18H18ClN3O3. The van der Waals surface area contributed by atoms with Gasteiger partial charge in [0.15, 0.2) is 12.7 Å². The molecule has 25 heavy (non-hydrogen) atoms. The molecule has 0 spiro atoms. The number of rotatable bonds is 7. The molecule has 0 atom stereocenters. The lowest BCUT2D eigenvalue weighted by Crippen LogP contribution is -2.30. The third-order valence-electron chi connectivity index (χ3n) is 3.39. The molecule has 6 nitrogen and oxygen atoms in total. The molecule has 0 saturated heterocycles. The van der Waals surface area contributed by atoms with Crippen molar-refractivity contribution in [3.05, 3.63) is 64.1 Å². The summed E-state index contributed by atoms with van der Waals surface area (Å²) in [6.07, 6.45) is 5.55. The van der Waals surface area contributed by atoms with E-state index in [0.29, 0.717) is 34.7 Å². The van der Waals surface area contributed by atoms with Gasteiger partial charge in [0.05, 0.1) is 5.70 Å². The number of hydrogen-bond donors (Lipinski definition) is 2. The van der Waals surface area contributed by atoms with E-state index < -0.39 is 5.91 Å². The Hall–Kier alpha value is -2.86. The SMILES string of the molecule is CCc1ocnc1/C=C(/C=O)NC(=O)/C(=C/c1ccccc1Cl)NC. The molecule has 1 amide bonds. The standard InChI is InChI=1S/C18H18ClN3O3/c1-3-17-15(21-11-25-17)9-13(10-23)22-18(24)16(20-2)8-12-6-4-5-7-14(12)19/h4-11,20H,3H2,1-2H3,(H,22,24)/b13-9-,16-8-. The summed E-state index contributed by atoms with van der Waals surface area (Å²) in [6.45, 7) is 1.91. The van der Waals surface area contributed by atoms with Crippen molar-refractivity contribution in [2.24, 2.45) is 0 Å². The quantitative estimate of drug-likeness (QED) is 0.586. The van der Waals surface area contributed by atoms with Crippen LogP contribution in [0.15, 0.2) is 46.5 Å². The van der Waals surface area contributed by atoms with Crippen LogP contribution in [0.2, 0.25) is 5.02 Å². The lowest BCUT2D eigenvalue weighted by atomic mass is 10.2. The van der Waals surface area contributed by atoms with Crippen LogP contribution in [0.4, 0.5) is 0 Å². The maximum absolute atomic E-state index is 12.4. The molecule has 2 aromatic rings. The zero-order chi connectivity index (χ0) is 18.2. The number of allylic oxidation sites excluding steroid dienone is 1. The summed E-state index contributed by atoms with van der Waals surface area (Å²) < 4.78 is 5.20. The molecule has 0 aliphatic rings. The second-order valence-electron chi connectivity index (χ2n) is 5.02. The number of halogens is 1. The number of carbonyl (C=O) groups excluding carboxylic acids is 2. The molecule has 0 fully saturated rings. The molecule has 0 radical (unpaired) electrons.